The van der Waals surface area contributed by atoms with Crippen LogP contribution in [0.3, 0.4) is 0 Å². The minimum Gasteiger partial charge on any atom is -0.361 e. The predicted octanol–water partition coefficient (Wildman–Crippen LogP) is 1.86. The Hall–Kier alpha value is -1.40. The molecule has 138 valence electrons. The van der Waals surface area contributed by atoms with Gasteiger partial charge in [-0.1, -0.05) is 18.0 Å². The quantitative estimate of drug-likeness (QED) is 0.905. The van der Waals surface area contributed by atoms with E-state index in [4.69, 9.17) is 4.52 Å². The molecule has 3 aliphatic rings. The van der Waals surface area contributed by atoms with Gasteiger partial charge in [-0.3, -0.25) is 9.69 Å². The van der Waals surface area contributed by atoms with Crippen LogP contribution in [0.1, 0.15) is 49.1 Å². The normalized spacial score (nSPS) is 30.5. The molecule has 2 aliphatic heterocycles. The summed E-state index contributed by atoms with van der Waals surface area (Å²) in [6.07, 6.45) is 6.24. The minimum atomic E-state index is 0.0576. The average molecular weight is 346 g/mol. The molecule has 3 heterocycles. The second-order valence-electron chi connectivity index (χ2n) is 8.01. The van der Waals surface area contributed by atoms with Crippen molar-refractivity contribution in [2.45, 2.75) is 64.6 Å². The number of carbonyl (C=O) groups excluding carboxylic acids is 1. The Kier molecular flexibility index (Phi) is 4.82. The van der Waals surface area contributed by atoms with Crippen LogP contribution >= 0.6 is 0 Å². The van der Waals surface area contributed by atoms with Crippen molar-refractivity contribution in [3.05, 3.63) is 17.0 Å². The number of carbonyl (C=O) groups is 1. The number of nitrogens with one attached hydrogen (secondary N) is 1. The van der Waals surface area contributed by atoms with Gasteiger partial charge in [0.25, 0.3) is 0 Å². The monoisotopic (exact) mass is 346 g/mol. The van der Waals surface area contributed by atoms with Crippen molar-refractivity contribution in [2.75, 3.05) is 26.2 Å². The molecule has 1 amide bonds. The molecule has 6 nitrogen and oxygen atoms in total. The molecule has 0 radical (unpaired) electrons. The molecule has 3 fully saturated rings. The molecule has 25 heavy (non-hydrogen) atoms. The van der Waals surface area contributed by atoms with Gasteiger partial charge in [-0.05, 0) is 39.0 Å². The third-order valence-corrected chi connectivity index (χ3v) is 6.41. The van der Waals surface area contributed by atoms with Gasteiger partial charge in [0.15, 0.2) is 0 Å². The highest BCUT2D eigenvalue weighted by atomic mass is 16.5. The summed E-state index contributed by atoms with van der Waals surface area (Å²) in [4.78, 5) is 17.4. The standard InChI is InChI=1S/C19H30N4O2/c1-13-16(14(2)25-21-13)12-22-7-9-23(10-8-22)19(24)18-11-15-5-3-4-6-17(15)20-18/h15,17-18,20H,3-12H2,1-2H3/t15-,17+,18+/m1/s1. The molecule has 4 rings (SSSR count). The smallest absolute Gasteiger partial charge is 0.239 e. The summed E-state index contributed by atoms with van der Waals surface area (Å²) in [5.41, 5.74) is 2.18. The summed E-state index contributed by atoms with van der Waals surface area (Å²) in [5.74, 6) is 1.96. The number of aryl methyl sites for hydroxylation is 2. The van der Waals surface area contributed by atoms with E-state index >= 15 is 0 Å². The van der Waals surface area contributed by atoms with E-state index < -0.39 is 0 Å². The molecule has 3 atom stereocenters. The number of nitrogens with zero attached hydrogens (tertiary/aromatic N) is 3. The summed E-state index contributed by atoms with van der Waals surface area (Å²) in [6.45, 7) is 8.35. The van der Waals surface area contributed by atoms with Crippen LogP contribution in [0.25, 0.3) is 0 Å². The number of rotatable bonds is 3. The predicted molar refractivity (Wildman–Crippen MR) is 95.1 cm³/mol. The van der Waals surface area contributed by atoms with Crippen molar-refractivity contribution in [3.63, 3.8) is 0 Å². The van der Waals surface area contributed by atoms with Gasteiger partial charge in [-0.25, -0.2) is 0 Å². The van der Waals surface area contributed by atoms with Crippen LogP contribution < -0.4 is 5.32 Å². The van der Waals surface area contributed by atoms with E-state index in [2.05, 4.69) is 20.3 Å². The number of hydrogen-bond acceptors (Lipinski definition) is 5. The fourth-order valence-corrected chi connectivity index (χ4v) is 4.81. The number of piperazine rings is 1. The highest BCUT2D eigenvalue weighted by molar-refractivity contribution is 5.82. The first-order valence-electron chi connectivity index (χ1n) is 9.81. The maximum absolute atomic E-state index is 12.9. The molecular formula is C19H30N4O2. The van der Waals surface area contributed by atoms with E-state index in [-0.39, 0.29) is 6.04 Å². The second kappa shape index (κ2) is 7.08. The topological polar surface area (TPSA) is 61.6 Å². The average Bonchev–Trinajstić information content (AvgIpc) is 3.20. The summed E-state index contributed by atoms with van der Waals surface area (Å²) in [6, 6.07) is 0.644. The van der Waals surface area contributed by atoms with E-state index in [0.717, 1.165) is 56.5 Å². The molecule has 2 saturated heterocycles. The molecule has 1 aromatic heterocycles. The Labute approximate surface area is 149 Å². The molecule has 0 bridgehead atoms. The largest absolute Gasteiger partial charge is 0.361 e. The van der Waals surface area contributed by atoms with Crippen molar-refractivity contribution < 1.29 is 9.32 Å². The van der Waals surface area contributed by atoms with Crippen molar-refractivity contribution in [2.24, 2.45) is 5.92 Å². The van der Waals surface area contributed by atoms with Crippen molar-refractivity contribution >= 4 is 5.91 Å². The molecule has 6 heteroatoms. The molecule has 0 unspecified atom stereocenters. The van der Waals surface area contributed by atoms with Crippen molar-refractivity contribution in [3.8, 4) is 0 Å². The maximum atomic E-state index is 12.9. The summed E-state index contributed by atoms with van der Waals surface area (Å²) >= 11 is 0. The van der Waals surface area contributed by atoms with Crippen LogP contribution in [0.15, 0.2) is 4.52 Å². The number of amides is 1. The lowest BCUT2D eigenvalue weighted by Gasteiger charge is -2.36. The first-order chi connectivity index (χ1) is 12.1. The van der Waals surface area contributed by atoms with E-state index in [0.29, 0.717) is 11.9 Å². The lowest BCUT2D eigenvalue weighted by Crippen LogP contribution is -2.53. The Balaban J connectivity index is 1.29. The minimum absolute atomic E-state index is 0.0576. The summed E-state index contributed by atoms with van der Waals surface area (Å²) in [5, 5.41) is 7.67. The van der Waals surface area contributed by atoms with Crippen molar-refractivity contribution in [1.29, 1.82) is 0 Å². The van der Waals surface area contributed by atoms with Crippen LogP contribution in [0.5, 0.6) is 0 Å². The van der Waals surface area contributed by atoms with Crippen LogP contribution in [0.2, 0.25) is 0 Å². The van der Waals surface area contributed by atoms with Gasteiger partial charge >= 0.3 is 0 Å². The number of hydrogen-bond donors (Lipinski definition) is 1. The molecule has 1 aromatic rings. The lowest BCUT2D eigenvalue weighted by molar-refractivity contribution is -0.135. The first kappa shape index (κ1) is 17.0. The van der Waals surface area contributed by atoms with E-state index in [9.17, 15) is 4.79 Å². The fourth-order valence-electron chi connectivity index (χ4n) is 4.81. The van der Waals surface area contributed by atoms with Crippen LogP contribution in [-0.4, -0.2) is 59.1 Å². The van der Waals surface area contributed by atoms with Gasteiger partial charge in [-0.15, -0.1) is 0 Å². The Morgan fingerprint density at radius 2 is 1.96 bits per heavy atom. The van der Waals surface area contributed by atoms with Crippen molar-refractivity contribution in [1.82, 2.24) is 20.3 Å². The summed E-state index contributed by atoms with van der Waals surface area (Å²) in [7, 11) is 0. The Morgan fingerprint density at radius 3 is 2.64 bits per heavy atom. The Morgan fingerprint density at radius 1 is 1.20 bits per heavy atom. The van der Waals surface area contributed by atoms with Crippen LogP contribution in [0, 0.1) is 19.8 Å². The van der Waals surface area contributed by atoms with Crippen LogP contribution in [-0.2, 0) is 11.3 Å². The first-order valence-corrected chi connectivity index (χ1v) is 9.81. The van der Waals surface area contributed by atoms with Gasteiger partial charge in [0.2, 0.25) is 5.91 Å². The van der Waals surface area contributed by atoms with Gasteiger partial charge in [0.1, 0.15) is 5.76 Å². The van der Waals surface area contributed by atoms with Gasteiger partial charge in [-0.2, -0.15) is 0 Å². The van der Waals surface area contributed by atoms with E-state index in [1.54, 1.807) is 0 Å². The number of aromatic nitrogens is 1. The zero-order valence-corrected chi connectivity index (χ0v) is 15.5. The molecule has 1 saturated carbocycles. The Bertz CT molecular complexity index is 587. The molecule has 1 N–H and O–H groups in total. The SMILES string of the molecule is Cc1noc(C)c1CN1CCN(C(=O)[C@@H]2C[C@H]3CCCC[C@@H]3N2)CC1. The highest BCUT2D eigenvalue weighted by Gasteiger charge is 2.40. The molecule has 1 aliphatic carbocycles. The number of fused-ring (bicyclic) bond motifs is 1. The van der Waals surface area contributed by atoms with E-state index in [1.807, 2.05) is 13.8 Å². The van der Waals surface area contributed by atoms with Crippen LogP contribution in [0.4, 0.5) is 0 Å². The third kappa shape index (κ3) is 3.47. The van der Waals surface area contributed by atoms with Gasteiger partial charge in [0, 0.05) is 44.3 Å². The highest BCUT2D eigenvalue weighted by Crippen LogP contribution is 2.33. The maximum Gasteiger partial charge on any atom is 0.239 e. The lowest BCUT2D eigenvalue weighted by atomic mass is 9.85. The summed E-state index contributed by atoms with van der Waals surface area (Å²) < 4.78 is 5.26. The van der Waals surface area contributed by atoms with Gasteiger partial charge in [0.05, 0.1) is 11.7 Å². The molecular weight excluding hydrogens is 316 g/mol. The van der Waals surface area contributed by atoms with Gasteiger partial charge < -0.3 is 14.7 Å². The molecule has 0 aromatic carbocycles. The molecule has 0 spiro atoms. The zero-order valence-electron chi connectivity index (χ0n) is 15.5. The third-order valence-electron chi connectivity index (χ3n) is 6.41. The zero-order chi connectivity index (χ0) is 17.4. The van der Waals surface area contributed by atoms with E-state index in [1.165, 1.54) is 31.2 Å². The second-order valence-corrected chi connectivity index (χ2v) is 8.01. The fraction of sp³-hybridized carbons (Fsp3) is 0.789.